The molecule has 0 radical (unpaired) electrons. The van der Waals surface area contributed by atoms with Crippen molar-refractivity contribution in [1.82, 2.24) is 0 Å². The van der Waals surface area contributed by atoms with Gasteiger partial charge in [0.2, 0.25) is 0 Å². The normalized spacial score (nSPS) is 22.2. The molecule has 4 heteroatoms. The highest BCUT2D eigenvalue weighted by atomic mass is 19.1. The standard InChI is InChI=1S/C15H20FNO2/c1-8-7-11(17)13-9(5-6-10(16)12(8)13)14(18)19-15(2,3)4/h5-6,8,11H,7,17H2,1-4H3/t8-,11-/m1/s1. The number of rotatable bonds is 1. The highest BCUT2D eigenvalue weighted by Gasteiger charge is 2.34. The van der Waals surface area contributed by atoms with Crippen molar-refractivity contribution < 1.29 is 13.9 Å². The predicted octanol–water partition coefficient (Wildman–Crippen LogP) is 3.29. The maximum atomic E-state index is 13.9. The third kappa shape index (κ3) is 2.63. The Labute approximate surface area is 112 Å². The van der Waals surface area contributed by atoms with E-state index in [1.165, 1.54) is 12.1 Å². The first-order valence-electron chi connectivity index (χ1n) is 6.52. The summed E-state index contributed by atoms with van der Waals surface area (Å²) < 4.78 is 19.2. The van der Waals surface area contributed by atoms with Gasteiger partial charge in [0.15, 0.2) is 0 Å². The summed E-state index contributed by atoms with van der Waals surface area (Å²) in [6, 6.07) is 2.50. The van der Waals surface area contributed by atoms with Crippen molar-refractivity contribution in [3.05, 3.63) is 34.6 Å². The molecule has 1 aromatic carbocycles. The smallest absolute Gasteiger partial charge is 0.338 e. The second kappa shape index (κ2) is 4.60. The summed E-state index contributed by atoms with van der Waals surface area (Å²) in [5.74, 6) is -0.691. The number of carbonyl (C=O) groups is 1. The van der Waals surface area contributed by atoms with Gasteiger partial charge in [-0.05, 0) is 56.4 Å². The van der Waals surface area contributed by atoms with Crippen LogP contribution in [0.3, 0.4) is 0 Å². The number of nitrogens with two attached hydrogens (primary N) is 1. The van der Waals surface area contributed by atoms with Crippen LogP contribution in [0.5, 0.6) is 0 Å². The van der Waals surface area contributed by atoms with Crippen LogP contribution in [-0.4, -0.2) is 11.6 Å². The van der Waals surface area contributed by atoms with Gasteiger partial charge in [0.25, 0.3) is 0 Å². The van der Waals surface area contributed by atoms with E-state index in [1.807, 2.05) is 6.92 Å². The third-order valence-corrected chi connectivity index (χ3v) is 3.32. The molecule has 0 heterocycles. The Morgan fingerprint density at radius 1 is 1.37 bits per heavy atom. The number of hydrogen-bond donors (Lipinski definition) is 1. The molecule has 0 saturated heterocycles. The molecule has 0 fully saturated rings. The molecular formula is C15H20FNO2. The molecule has 1 aliphatic rings. The molecule has 104 valence electrons. The number of hydrogen-bond acceptors (Lipinski definition) is 3. The van der Waals surface area contributed by atoms with E-state index in [4.69, 9.17) is 10.5 Å². The van der Waals surface area contributed by atoms with E-state index in [1.54, 1.807) is 20.8 Å². The quantitative estimate of drug-likeness (QED) is 0.793. The number of fused-ring (bicyclic) bond motifs is 1. The lowest BCUT2D eigenvalue weighted by atomic mass is 9.98. The fourth-order valence-corrected chi connectivity index (χ4v) is 2.64. The highest BCUT2D eigenvalue weighted by Crippen LogP contribution is 2.42. The Hall–Kier alpha value is -1.42. The summed E-state index contributed by atoms with van der Waals surface area (Å²) >= 11 is 0. The molecule has 0 spiro atoms. The Balaban J connectivity index is 2.47. The van der Waals surface area contributed by atoms with Crippen molar-refractivity contribution in [3.8, 4) is 0 Å². The van der Waals surface area contributed by atoms with Crippen molar-refractivity contribution in [2.24, 2.45) is 5.73 Å². The molecule has 0 aliphatic heterocycles. The molecule has 3 nitrogen and oxygen atoms in total. The second-order valence-corrected chi connectivity index (χ2v) is 6.17. The van der Waals surface area contributed by atoms with Gasteiger partial charge in [0.1, 0.15) is 11.4 Å². The Bertz CT molecular complexity index is 520. The molecule has 2 rings (SSSR count). The lowest BCUT2D eigenvalue weighted by Crippen LogP contribution is -2.25. The monoisotopic (exact) mass is 265 g/mol. The lowest BCUT2D eigenvalue weighted by molar-refractivity contribution is 0.00679. The van der Waals surface area contributed by atoms with Crippen LogP contribution in [0.2, 0.25) is 0 Å². The van der Waals surface area contributed by atoms with Gasteiger partial charge in [-0.15, -0.1) is 0 Å². The third-order valence-electron chi connectivity index (χ3n) is 3.32. The van der Waals surface area contributed by atoms with Gasteiger partial charge in [-0.2, -0.15) is 0 Å². The van der Waals surface area contributed by atoms with Crippen LogP contribution in [0.15, 0.2) is 12.1 Å². The van der Waals surface area contributed by atoms with E-state index >= 15 is 0 Å². The topological polar surface area (TPSA) is 52.3 Å². The summed E-state index contributed by atoms with van der Waals surface area (Å²) in [5.41, 5.74) is 7.03. The van der Waals surface area contributed by atoms with Gasteiger partial charge < -0.3 is 10.5 Å². The van der Waals surface area contributed by atoms with Crippen LogP contribution in [0.1, 0.15) is 67.6 Å². The number of ether oxygens (including phenoxy) is 1. The lowest BCUT2D eigenvalue weighted by Gasteiger charge is -2.21. The minimum Gasteiger partial charge on any atom is -0.456 e. The van der Waals surface area contributed by atoms with Crippen molar-refractivity contribution in [2.75, 3.05) is 0 Å². The van der Waals surface area contributed by atoms with Gasteiger partial charge in [-0.1, -0.05) is 6.92 Å². The molecule has 0 aromatic heterocycles. The minimum atomic E-state index is -0.577. The van der Waals surface area contributed by atoms with Crippen LogP contribution in [-0.2, 0) is 4.74 Å². The Morgan fingerprint density at radius 3 is 2.58 bits per heavy atom. The Morgan fingerprint density at radius 2 is 2.00 bits per heavy atom. The maximum absolute atomic E-state index is 13.9. The molecular weight excluding hydrogens is 245 g/mol. The maximum Gasteiger partial charge on any atom is 0.338 e. The van der Waals surface area contributed by atoms with E-state index in [9.17, 15) is 9.18 Å². The molecule has 0 amide bonds. The number of halogens is 1. The first-order valence-corrected chi connectivity index (χ1v) is 6.52. The number of benzene rings is 1. The van der Waals surface area contributed by atoms with Crippen molar-refractivity contribution >= 4 is 5.97 Å². The first kappa shape index (κ1) is 14.0. The average Bonchev–Trinajstić information content (AvgIpc) is 2.53. The van der Waals surface area contributed by atoms with E-state index in [0.717, 1.165) is 0 Å². The molecule has 2 atom stereocenters. The molecule has 1 aliphatic carbocycles. The van der Waals surface area contributed by atoms with Crippen LogP contribution < -0.4 is 5.73 Å². The first-order chi connectivity index (χ1) is 8.70. The van der Waals surface area contributed by atoms with Gasteiger partial charge in [0, 0.05) is 6.04 Å². The number of esters is 1. The van der Waals surface area contributed by atoms with Crippen LogP contribution in [0.25, 0.3) is 0 Å². The van der Waals surface area contributed by atoms with E-state index in [-0.39, 0.29) is 17.8 Å². The van der Waals surface area contributed by atoms with Crippen LogP contribution in [0.4, 0.5) is 4.39 Å². The van der Waals surface area contributed by atoms with Crippen LogP contribution >= 0.6 is 0 Å². The summed E-state index contributed by atoms with van der Waals surface area (Å²) in [5, 5.41) is 0. The van der Waals surface area contributed by atoms with Crippen molar-refractivity contribution in [1.29, 1.82) is 0 Å². The largest absolute Gasteiger partial charge is 0.456 e. The Kier molecular flexibility index (Phi) is 3.39. The van der Waals surface area contributed by atoms with E-state index in [2.05, 4.69) is 0 Å². The molecule has 1 aromatic rings. The fraction of sp³-hybridized carbons (Fsp3) is 0.533. The van der Waals surface area contributed by atoms with Gasteiger partial charge in [0.05, 0.1) is 5.56 Å². The van der Waals surface area contributed by atoms with E-state index < -0.39 is 11.6 Å². The minimum absolute atomic E-state index is 0.0346. The van der Waals surface area contributed by atoms with Gasteiger partial charge >= 0.3 is 5.97 Å². The molecule has 19 heavy (non-hydrogen) atoms. The zero-order valence-electron chi connectivity index (χ0n) is 11.8. The van der Waals surface area contributed by atoms with Gasteiger partial charge in [-0.25, -0.2) is 9.18 Å². The summed E-state index contributed by atoms with van der Waals surface area (Å²) in [7, 11) is 0. The van der Waals surface area contributed by atoms with Crippen molar-refractivity contribution in [3.63, 3.8) is 0 Å². The molecule has 2 N–H and O–H groups in total. The zero-order valence-corrected chi connectivity index (χ0v) is 11.8. The fourth-order valence-electron chi connectivity index (χ4n) is 2.64. The van der Waals surface area contributed by atoms with Crippen LogP contribution in [0, 0.1) is 5.82 Å². The second-order valence-electron chi connectivity index (χ2n) is 6.17. The van der Waals surface area contributed by atoms with Gasteiger partial charge in [-0.3, -0.25) is 0 Å². The number of carbonyl (C=O) groups excluding carboxylic acids is 1. The molecule has 0 saturated carbocycles. The molecule has 0 bridgehead atoms. The summed E-state index contributed by atoms with van der Waals surface area (Å²) in [4.78, 5) is 12.2. The molecule has 0 unspecified atom stereocenters. The summed E-state index contributed by atoms with van der Waals surface area (Å²) in [6.07, 6.45) is 0.659. The highest BCUT2D eigenvalue weighted by molar-refractivity contribution is 5.92. The summed E-state index contributed by atoms with van der Waals surface area (Å²) in [6.45, 7) is 7.33. The average molecular weight is 265 g/mol. The SMILES string of the molecule is C[C@@H]1C[C@@H](N)c2c(C(=O)OC(C)(C)C)ccc(F)c21. The zero-order chi connectivity index (χ0) is 14.4. The predicted molar refractivity (Wildman–Crippen MR) is 71.5 cm³/mol. The van der Waals surface area contributed by atoms with Crippen molar-refractivity contribution in [2.45, 2.75) is 51.7 Å². The van der Waals surface area contributed by atoms with E-state index in [0.29, 0.717) is 23.1 Å².